The molecule has 0 saturated carbocycles. The Kier molecular flexibility index (Phi) is 5.31. The van der Waals surface area contributed by atoms with Gasteiger partial charge in [-0.1, -0.05) is 5.16 Å². The second-order valence-electron chi connectivity index (χ2n) is 7.16. The highest BCUT2D eigenvalue weighted by Crippen LogP contribution is 2.35. The average Bonchev–Trinajstić information content (AvgIpc) is 3.58. The third kappa shape index (κ3) is 4.18. The molecule has 2 aromatic heterocycles. The molecular formula is C23H20N4O6. The summed E-state index contributed by atoms with van der Waals surface area (Å²) in [6.07, 6.45) is 1.77. The fourth-order valence-electron chi connectivity index (χ4n) is 3.46. The van der Waals surface area contributed by atoms with Gasteiger partial charge in [-0.15, -0.1) is 0 Å². The van der Waals surface area contributed by atoms with E-state index in [2.05, 4.69) is 15.5 Å². The minimum Gasteiger partial charge on any atom is -0.497 e. The van der Waals surface area contributed by atoms with Crippen molar-refractivity contribution in [3.8, 4) is 46.0 Å². The van der Waals surface area contributed by atoms with Crippen LogP contribution >= 0.6 is 0 Å². The smallest absolute Gasteiger partial charge is 0.274 e. The summed E-state index contributed by atoms with van der Waals surface area (Å²) in [5, 5.41) is 6.92. The Bertz CT molecular complexity index is 1290. The van der Waals surface area contributed by atoms with Gasteiger partial charge >= 0.3 is 0 Å². The summed E-state index contributed by atoms with van der Waals surface area (Å²) in [5.74, 6) is 2.93. The number of hydrogen-bond donors (Lipinski definition) is 1. The molecule has 0 unspecified atom stereocenters. The van der Waals surface area contributed by atoms with Crippen molar-refractivity contribution in [3.05, 3.63) is 54.7 Å². The molecule has 0 radical (unpaired) electrons. The number of fused-ring (bicyclic) bond motifs is 1. The molecule has 0 fully saturated rings. The molecule has 0 saturated heterocycles. The number of methoxy groups -OCH3 is 2. The minimum absolute atomic E-state index is 0.0452. The number of amides is 1. The normalized spacial score (nSPS) is 11.9. The van der Waals surface area contributed by atoms with E-state index in [-0.39, 0.29) is 19.2 Å². The van der Waals surface area contributed by atoms with Gasteiger partial charge in [-0.3, -0.25) is 4.79 Å². The standard InChI is InChI=1S/C23H20N4O6/c1-29-16-9-15(10-17(11-16)30-2)24-21(28)12-27-7-3-4-18(27)23-25-22(26-33-23)14-5-6-19-20(8-14)32-13-31-19/h3-11H,12-13H2,1-2H3,(H,24,28). The third-order valence-electron chi connectivity index (χ3n) is 5.05. The van der Waals surface area contributed by atoms with Gasteiger partial charge in [-0.05, 0) is 30.3 Å². The molecule has 4 aromatic rings. The highest BCUT2D eigenvalue weighted by atomic mass is 16.7. The summed E-state index contributed by atoms with van der Waals surface area (Å²) in [7, 11) is 3.10. The van der Waals surface area contributed by atoms with E-state index < -0.39 is 0 Å². The topological polar surface area (TPSA) is 110 Å². The third-order valence-corrected chi connectivity index (χ3v) is 5.05. The number of rotatable bonds is 7. The van der Waals surface area contributed by atoms with Crippen LogP contribution in [0.5, 0.6) is 23.0 Å². The molecule has 1 aliphatic rings. The zero-order chi connectivity index (χ0) is 22.8. The van der Waals surface area contributed by atoms with E-state index in [0.717, 1.165) is 5.56 Å². The Morgan fingerprint density at radius 3 is 2.64 bits per heavy atom. The van der Waals surface area contributed by atoms with Crippen LogP contribution in [-0.4, -0.2) is 41.6 Å². The largest absolute Gasteiger partial charge is 0.497 e. The summed E-state index contributed by atoms with van der Waals surface area (Å²) in [5.41, 5.74) is 1.91. The van der Waals surface area contributed by atoms with Crippen molar-refractivity contribution in [2.45, 2.75) is 6.54 Å². The van der Waals surface area contributed by atoms with Crippen molar-refractivity contribution in [3.63, 3.8) is 0 Å². The summed E-state index contributed by atoms with van der Waals surface area (Å²) >= 11 is 0. The number of ether oxygens (including phenoxy) is 4. The van der Waals surface area contributed by atoms with Gasteiger partial charge < -0.3 is 33.4 Å². The van der Waals surface area contributed by atoms with Gasteiger partial charge in [0, 0.05) is 35.6 Å². The van der Waals surface area contributed by atoms with E-state index in [4.69, 9.17) is 23.5 Å². The second kappa shape index (κ2) is 8.58. The lowest BCUT2D eigenvalue weighted by Crippen LogP contribution is -2.18. The van der Waals surface area contributed by atoms with E-state index >= 15 is 0 Å². The number of carbonyl (C=O) groups excluding carboxylic acids is 1. The number of carbonyl (C=O) groups is 1. The first-order valence-corrected chi connectivity index (χ1v) is 10.0. The fourth-order valence-corrected chi connectivity index (χ4v) is 3.46. The zero-order valence-corrected chi connectivity index (χ0v) is 17.9. The van der Waals surface area contributed by atoms with Crippen LogP contribution in [0, 0.1) is 0 Å². The van der Waals surface area contributed by atoms with Crippen molar-refractivity contribution < 1.29 is 28.3 Å². The molecule has 33 heavy (non-hydrogen) atoms. The Morgan fingerprint density at radius 1 is 1.06 bits per heavy atom. The first-order valence-electron chi connectivity index (χ1n) is 10.0. The van der Waals surface area contributed by atoms with E-state index in [1.165, 1.54) is 0 Å². The number of nitrogens with one attached hydrogen (secondary N) is 1. The number of aromatic nitrogens is 3. The Balaban J connectivity index is 1.32. The molecule has 0 bridgehead atoms. The Hall–Kier alpha value is -4.47. The first-order chi connectivity index (χ1) is 16.1. The SMILES string of the molecule is COc1cc(NC(=O)Cn2cccc2-c2nc(-c3ccc4c(c3)OCO4)no2)cc(OC)c1. The predicted octanol–water partition coefficient (Wildman–Crippen LogP) is 3.59. The Labute approximate surface area is 188 Å². The summed E-state index contributed by atoms with van der Waals surface area (Å²) in [6, 6.07) is 14.2. The van der Waals surface area contributed by atoms with Crippen molar-refractivity contribution in [1.82, 2.24) is 14.7 Å². The van der Waals surface area contributed by atoms with E-state index in [0.29, 0.717) is 46.1 Å². The molecular weight excluding hydrogens is 428 g/mol. The maximum atomic E-state index is 12.7. The molecule has 10 heteroatoms. The van der Waals surface area contributed by atoms with Gasteiger partial charge in [0.2, 0.25) is 18.5 Å². The number of nitrogens with zero attached hydrogens (tertiary/aromatic N) is 3. The highest BCUT2D eigenvalue weighted by molar-refractivity contribution is 5.91. The van der Waals surface area contributed by atoms with Crippen LogP contribution in [0.1, 0.15) is 0 Å². The molecule has 168 valence electrons. The number of benzene rings is 2. The number of hydrogen-bond acceptors (Lipinski definition) is 8. The Morgan fingerprint density at radius 2 is 1.85 bits per heavy atom. The van der Waals surface area contributed by atoms with Crippen molar-refractivity contribution in [2.24, 2.45) is 0 Å². The second-order valence-corrected chi connectivity index (χ2v) is 7.16. The molecule has 1 aliphatic heterocycles. The van der Waals surface area contributed by atoms with Gasteiger partial charge in [0.15, 0.2) is 11.5 Å². The molecule has 1 N–H and O–H groups in total. The van der Waals surface area contributed by atoms with Gasteiger partial charge in [0.25, 0.3) is 5.89 Å². The monoisotopic (exact) mass is 448 g/mol. The molecule has 0 spiro atoms. The lowest BCUT2D eigenvalue weighted by molar-refractivity contribution is -0.116. The van der Waals surface area contributed by atoms with Gasteiger partial charge in [-0.2, -0.15) is 4.98 Å². The van der Waals surface area contributed by atoms with Gasteiger partial charge in [0.1, 0.15) is 23.7 Å². The lowest BCUT2D eigenvalue weighted by atomic mass is 10.2. The van der Waals surface area contributed by atoms with Crippen LogP contribution in [-0.2, 0) is 11.3 Å². The van der Waals surface area contributed by atoms with Crippen molar-refractivity contribution in [2.75, 3.05) is 26.3 Å². The predicted molar refractivity (Wildman–Crippen MR) is 117 cm³/mol. The van der Waals surface area contributed by atoms with Crippen LogP contribution in [0.4, 0.5) is 5.69 Å². The van der Waals surface area contributed by atoms with Crippen LogP contribution < -0.4 is 24.3 Å². The van der Waals surface area contributed by atoms with E-state index in [9.17, 15) is 4.79 Å². The molecule has 5 rings (SSSR count). The van der Waals surface area contributed by atoms with Crippen molar-refractivity contribution >= 4 is 11.6 Å². The summed E-state index contributed by atoms with van der Waals surface area (Å²) in [4.78, 5) is 17.2. The van der Waals surface area contributed by atoms with Gasteiger partial charge in [-0.25, -0.2) is 0 Å². The molecule has 2 aromatic carbocycles. The summed E-state index contributed by atoms with van der Waals surface area (Å²) in [6.45, 7) is 0.234. The molecule has 0 aliphatic carbocycles. The summed E-state index contributed by atoms with van der Waals surface area (Å²) < 4.78 is 28.4. The van der Waals surface area contributed by atoms with E-state index in [1.54, 1.807) is 61.4 Å². The molecule has 1 amide bonds. The molecule has 0 atom stereocenters. The average molecular weight is 448 g/mol. The fraction of sp³-hybridized carbons (Fsp3) is 0.174. The molecule has 10 nitrogen and oxygen atoms in total. The van der Waals surface area contributed by atoms with Crippen LogP contribution in [0.2, 0.25) is 0 Å². The van der Waals surface area contributed by atoms with Crippen LogP contribution in [0.15, 0.2) is 59.3 Å². The minimum atomic E-state index is -0.238. The lowest BCUT2D eigenvalue weighted by Gasteiger charge is -2.11. The van der Waals surface area contributed by atoms with Gasteiger partial charge in [0.05, 0.1) is 14.2 Å². The first kappa shape index (κ1) is 20.4. The zero-order valence-electron chi connectivity index (χ0n) is 17.9. The molecule has 3 heterocycles. The maximum Gasteiger partial charge on any atom is 0.274 e. The van der Waals surface area contributed by atoms with Crippen LogP contribution in [0.3, 0.4) is 0 Å². The quantitative estimate of drug-likeness (QED) is 0.457. The number of anilines is 1. The highest BCUT2D eigenvalue weighted by Gasteiger charge is 2.19. The van der Waals surface area contributed by atoms with Crippen molar-refractivity contribution in [1.29, 1.82) is 0 Å². The maximum absolute atomic E-state index is 12.7. The van der Waals surface area contributed by atoms with E-state index in [1.807, 2.05) is 12.1 Å². The van der Waals surface area contributed by atoms with Crippen LogP contribution in [0.25, 0.3) is 23.0 Å².